The van der Waals surface area contributed by atoms with Crippen molar-refractivity contribution in [3.05, 3.63) is 24.3 Å². The van der Waals surface area contributed by atoms with Crippen molar-refractivity contribution in [1.82, 2.24) is 5.32 Å². The molecule has 3 N–H and O–H groups in total. The molecule has 0 radical (unpaired) electrons. The average Bonchev–Trinajstić information content (AvgIpc) is 3.58. The highest BCUT2D eigenvalue weighted by molar-refractivity contribution is 5.76. The van der Waals surface area contributed by atoms with Gasteiger partial charge in [0, 0.05) is 12.8 Å². The number of hydrogen-bond donors (Lipinski definition) is 3. The second kappa shape index (κ2) is 79.8. The summed E-state index contributed by atoms with van der Waals surface area (Å²) in [6, 6.07) is -0.537. The number of amides is 1. The van der Waals surface area contributed by atoms with Gasteiger partial charge in [0.25, 0.3) is 0 Å². The van der Waals surface area contributed by atoms with Gasteiger partial charge in [-0.1, -0.05) is 430 Å². The number of hydrogen-bond acceptors (Lipinski definition) is 5. The molecular weight excluding hydrogens is 1100 g/mol. The first-order chi connectivity index (χ1) is 44.5. The predicted octanol–water partition coefficient (Wildman–Crippen LogP) is 27.6. The summed E-state index contributed by atoms with van der Waals surface area (Å²) in [6.45, 7) is 4.98. The lowest BCUT2D eigenvalue weighted by Gasteiger charge is -2.22. The summed E-state index contributed by atoms with van der Waals surface area (Å²) in [5, 5.41) is 23.4. The second-order valence-electron chi connectivity index (χ2n) is 28.8. The van der Waals surface area contributed by atoms with Crippen LogP contribution < -0.4 is 5.32 Å². The molecule has 0 aromatic rings. The normalized spacial score (nSPS) is 12.5. The third-order valence-corrected chi connectivity index (χ3v) is 19.8. The molecule has 90 heavy (non-hydrogen) atoms. The van der Waals surface area contributed by atoms with Gasteiger partial charge >= 0.3 is 5.97 Å². The van der Waals surface area contributed by atoms with Gasteiger partial charge in [0.15, 0.2) is 0 Å². The SMILES string of the molecule is CCCCC/C=C\C/C=C\CCCCCCCCCC(=O)OCCCCCCCCCCCCCCCCCCCCCCCCCCCCCCCCCCCCCCCC(=O)NC(CO)C(O)CCCCCCCCCCCCCCCCCCCCC. The number of ether oxygens (including phenoxy) is 1. The molecule has 0 saturated heterocycles. The van der Waals surface area contributed by atoms with Gasteiger partial charge in [0.2, 0.25) is 5.91 Å². The highest BCUT2D eigenvalue weighted by Gasteiger charge is 2.20. The zero-order valence-electron chi connectivity index (χ0n) is 61.4. The van der Waals surface area contributed by atoms with Crippen LogP contribution >= 0.6 is 0 Å². The highest BCUT2D eigenvalue weighted by Crippen LogP contribution is 2.21. The van der Waals surface area contributed by atoms with E-state index in [1.165, 1.54) is 392 Å². The zero-order chi connectivity index (χ0) is 64.9. The Morgan fingerprint density at radius 3 is 0.867 bits per heavy atom. The van der Waals surface area contributed by atoms with E-state index in [4.69, 9.17) is 4.74 Å². The van der Waals surface area contributed by atoms with Crippen LogP contribution in [-0.2, 0) is 14.3 Å². The van der Waals surface area contributed by atoms with E-state index in [0.29, 0.717) is 25.9 Å². The molecule has 0 aliphatic heterocycles. The number of rotatable bonds is 79. The van der Waals surface area contributed by atoms with Gasteiger partial charge in [0.05, 0.1) is 25.4 Å². The van der Waals surface area contributed by atoms with Crippen molar-refractivity contribution in [2.24, 2.45) is 0 Å². The van der Waals surface area contributed by atoms with E-state index in [0.717, 1.165) is 51.4 Å². The van der Waals surface area contributed by atoms with E-state index in [2.05, 4.69) is 43.5 Å². The van der Waals surface area contributed by atoms with Crippen LogP contribution in [0.5, 0.6) is 0 Å². The zero-order valence-corrected chi connectivity index (χ0v) is 61.4. The fourth-order valence-corrected chi connectivity index (χ4v) is 13.4. The smallest absolute Gasteiger partial charge is 0.305 e. The van der Waals surface area contributed by atoms with Gasteiger partial charge in [-0.3, -0.25) is 9.59 Å². The molecule has 0 heterocycles. The van der Waals surface area contributed by atoms with E-state index in [-0.39, 0.29) is 18.5 Å². The van der Waals surface area contributed by atoms with Gasteiger partial charge in [-0.15, -0.1) is 0 Å². The molecule has 0 spiro atoms. The minimum Gasteiger partial charge on any atom is -0.466 e. The number of aliphatic hydroxyl groups excluding tert-OH is 2. The van der Waals surface area contributed by atoms with E-state index >= 15 is 0 Å². The first-order valence-corrected chi connectivity index (χ1v) is 41.6. The molecule has 1 amide bonds. The minimum absolute atomic E-state index is 0.0166. The van der Waals surface area contributed by atoms with Crippen molar-refractivity contribution < 1.29 is 24.5 Å². The van der Waals surface area contributed by atoms with Crippen molar-refractivity contribution in [2.75, 3.05) is 13.2 Å². The van der Waals surface area contributed by atoms with Gasteiger partial charge in [0.1, 0.15) is 0 Å². The van der Waals surface area contributed by atoms with Gasteiger partial charge in [-0.2, -0.15) is 0 Å². The maximum Gasteiger partial charge on any atom is 0.305 e. The van der Waals surface area contributed by atoms with Crippen molar-refractivity contribution in [3.8, 4) is 0 Å². The first kappa shape index (κ1) is 88.3. The van der Waals surface area contributed by atoms with Crippen LogP contribution in [0.1, 0.15) is 476 Å². The summed E-state index contributed by atoms with van der Waals surface area (Å²) in [5.41, 5.74) is 0. The lowest BCUT2D eigenvalue weighted by Crippen LogP contribution is -2.45. The molecule has 0 aliphatic rings. The molecular formula is C84H163NO5. The summed E-state index contributed by atoms with van der Waals surface area (Å²) < 4.78 is 5.51. The molecule has 0 bridgehead atoms. The summed E-state index contributed by atoms with van der Waals surface area (Å²) in [4.78, 5) is 24.7. The number of aliphatic hydroxyl groups is 2. The minimum atomic E-state index is -0.661. The van der Waals surface area contributed by atoms with Crippen LogP contribution in [0.3, 0.4) is 0 Å². The van der Waals surface area contributed by atoms with Crippen LogP contribution in [-0.4, -0.2) is 47.4 Å². The molecule has 6 heteroatoms. The Bertz CT molecular complexity index is 1410. The number of unbranched alkanes of at least 4 members (excludes halogenated alkanes) is 64. The number of nitrogens with one attached hydrogen (secondary N) is 1. The second-order valence-corrected chi connectivity index (χ2v) is 28.8. The number of carbonyl (C=O) groups excluding carboxylic acids is 2. The molecule has 0 saturated carbocycles. The Hall–Kier alpha value is -1.66. The lowest BCUT2D eigenvalue weighted by atomic mass is 10.0. The molecule has 534 valence electrons. The first-order valence-electron chi connectivity index (χ1n) is 41.6. The summed E-state index contributed by atoms with van der Waals surface area (Å²) in [7, 11) is 0. The van der Waals surface area contributed by atoms with Gasteiger partial charge in [-0.25, -0.2) is 0 Å². The molecule has 0 aromatic carbocycles. The topological polar surface area (TPSA) is 95.9 Å². The fraction of sp³-hybridized carbons (Fsp3) is 0.929. The number of allylic oxidation sites excluding steroid dienone is 4. The summed E-state index contributed by atoms with van der Waals surface area (Å²) in [5.74, 6) is -0.00747. The van der Waals surface area contributed by atoms with Crippen LogP contribution in [0, 0.1) is 0 Å². The predicted molar refractivity (Wildman–Crippen MR) is 398 cm³/mol. The molecule has 2 atom stereocenters. The third kappa shape index (κ3) is 75.4. The largest absolute Gasteiger partial charge is 0.466 e. The number of esters is 1. The van der Waals surface area contributed by atoms with Crippen LogP contribution in [0.4, 0.5) is 0 Å². The fourth-order valence-electron chi connectivity index (χ4n) is 13.4. The van der Waals surface area contributed by atoms with Crippen LogP contribution in [0.15, 0.2) is 24.3 Å². The monoisotopic (exact) mass is 1270 g/mol. The molecule has 0 rings (SSSR count). The average molecular weight is 1270 g/mol. The quantitative estimate of drug-likeness (QED) is 0.0320. The highest BCUT2D eigenvalue weighted by atomic mass is 16.5. The van der Waals surface area contributed by atoms with E-state index in [1.54, 1.807) is 0 Å². The standard InChI is InChI=1S/C84H163NO5/c1-3-5-7-9-11-13-15-17-19-21-41-45-48-52-56-60-64-68-72-76-82(87)81(80-86)85-83(88)77-73-69-65-61-57-53-49-46-42-39-37-35-33-31-29-27-25-23-22-24-26-28-30-32-34-36-38-40-43-47-51-55-59-63-67-71-75-79-90-84(89)78-74-70-66-62-58-54-50-44-20-18-16-14-12-10-8-6-4-2/h12,14,18,20,81-82,86-87H,3-11,13,15-17,19,21-80H2,1-2H3,(H,85,88)/b14-12-,20-18-. The van der Waals surface area contributed by atoms with Crippen molar-refractivity contribution in [3.63, 3.8) is 0 Å². The Labute approximate surface area is 564 Å². The summed E-state index contributed by atoms with van der Waals surface area (Å²) >= 11 is 0. The lowest BCUT2D eigenvalue weighted by molar-refractivity contribution is -0.143. The van der Waals surface area contributed by atoms with Crippen LogP contribution in [0.2, 0.25) is 0 Å². The Balaban J connectivity index is 3.30. The molecule has 2 unspecified atom stereocenters. The van der Waals surface area contributed by atoms with E-state index in [9.17, 15) is 19.8 Å². The van der Waals surface area contributed by atoms with Gasteiger partial charge < -0.3 is 20.3 Å². The van der Waals surface area contributed by atoms with Crippen molar-refractivity contribution in [1.29, 1.82) is 0 Å². The van der Waals surface area contributed by atoms with Gasteiger partial charge in [-0.05, 0) is 57.8 Å². The Kier molecular flexibility index (Phi) is 78.3. The third-order valence-electron chi connectivity index (χ3n) is 19.8. The molecule has 6 nitrogen and oxygen atoms in total. The number of carbonyl (C=O) groups is 2. The molecule has 0 aromatic heterocycles. The summed E-state index contributed by atoms with van der Waals surface area (Å²) in [6.07, 6.45) is 103. The molecule has 0 fully saturated rings. The maximum absolute atomic E-state index is 12.6. The van der Waals surface area contributed by atoms with Crippen LogP contribution in [0.25, 0.3) is 0 Å². The Morgan fingerprint density at radius 2 is 0.556 bits per heavy atom. The van der Waals surface area contributed by atoms with Crippen molar-refractivity contribution >= 4 is 11.9 Å². The van der Waals surface area contributed by atoms with Crippen molar-refractivity contribution in [2.45, 2.75) is 488 Å². The maximum atomic E-state index is 12.6. The van der Waals surface area contributed by atoms with E-state index in [1.807, 2.05) is 0 Å². The van der Waals surface area contributed by atoms with E-state index < -0.39 is 12.1 Å². The Morgan fingerprint density at radius 1 is 0.311 bits per heavy atom. The molecule has 0 aliphatic carbocycles.